The molecule has 0 fully saturated rings. The average molecular weight is 300 g/mol. The summed E-state index contributed by atoms with van der Waals surface area (Å²) in [4.78, 5) is 34.3. The number of nitrogens with zero attached hydrogens (tertiary/aromatic N) is 1. The van der Waals surface area contributed by atoms with E-state index in [9.17, 15) is 24.8 Å². The highest BCUT2D eigenvalue weighted by atomic mass is 16.6. The predicted molar refractivity (Wildman–Crippen MR) is 76.8 cm³/mol. The van der Waals surface area contributed by atoms with Crippen molar-refractivity contribution in [1.29, 1.82) is 0 Å². The van der Waals surface area contributed by atoms with Crippen molar-refractivity contribution < 1.29 is 19.6 Å². The maximum atomic E-state index is 12.0. The van der Waals surface area contributed by atoms with Crippen LogP contribution in [0.1, 0.15) is 21.5 Å². The maximum Gasteiger partial charge on any atom is 0.349 e. The Balaban J connectivity index is 2.90. The summed E-state index contributed by atoms with van der Waals surface area (Å²) in [5.41, 5.74) is 2.25. The van der Waals surface area contributed by atoms with Crippen molar-refractivity contribution in [1.82, 2.24) is 0 Å². The lowest BCUT2D eigenvalue weighted by molar-refractivity contribution is -0.548. The molecule has 1 atom stereocenters. The van der Waals surface area contributed by atoms with Crippen molar-refractivity contribution in [3.8, 4) is 0 Å². The van der Waals surface area contributed by atoms with Gasteiger partial charge in [-0.15, -0.1) is 0 Å². The van der Waals surface area contributed by atoms with E-state index in [-0.39, 0.29) is 16.7 Å². The molecule has 0 aliphatic heterocycles. The Kier molecular flexibility index (Phi) is 3.89. The van der Waals surface area contributed by atoms with Gasteiger partial charge < -0.3 is 10.8 Å². The second-order valence-electron chi connectivity index (χ2n) is 4.55. The second kappa shape index (κ2) is 5.65. The molecule has 2 aromatic rings. The minimum Gasteiger partial charge on any atom is -0.478 e. The number of hydrogen-bond donors (Lipinski definition) is 2. The van der Waals surface area contributed by atoms with E-state index >= 15 is 0 Å². The maximum absolute atomic E-state index is 12.0. The quantitative estimate of drug-likeness (QED) is 0.638. The lowest BCUT2D eigenvalue weighted by Gasteiger charge is -2.24. The highest BCUT2D eigenvalue weighted by Gasteiger charge is 2.55. The third-order valence-corrected chi connectivity index (χ3v) is 3.37. The van der Waals surface area contributed by atoms with Crippen LogP contribution >= 0.6 is 0 Å². The van der Waals surface area contributed by atoms with Gasteiger partial charge in [-0.2, -0.15) is 0 Å². The molecule has 7 nitrogen and oxygen atoms in total. The van der Waals surface area contributed by atoms with Crippen molar-refractivity contribution in [2.24, 2.45) is 5.73 Å². The zero-order valence-electron chi connectivity index (χ0n) is 11.3. The van der Waals surface area contributed by atoms with Crippen molar-refractivity contribution >= 4 is 11.9 Å². The van der Waals surface area contributed by atoms with Gasteiger partial charge in [0.1, 0.15) is 0 Å². The van der Waals surface area contributed by atoms with Crippen molar-refractivity contribution in [2.75, 3.05) is 0 Å². The molecular weight excluding hydrogens is 288 g/mol. The number of nitrogens with two attached hydrogens (primary N) is 1. The van der Waals surface area contributed by atoms with Crippen LogP contribution in [0.3, 0.4) is 0 Å². The molecule has 0 saturated heterocycles. The molecule has 0 aliphatic rings. The first-order valence-electron chi connectivity index (χ1n) is 6.25. The van der Waals surface area contributed by atoms with Gasteiger partial charge in [0.05, 0.1) is 11.1 Å². The highest BCUT2D eigenvalue weighted by molar-refractivity contribution is 5.96. The molecule has 0 saturated carbocycles. The van der Waals surface area contributed by atoms with E-state index in [1.165, 1.54) is 48.5 Å². The normalized spacial score (nSPS) is 13.1. The third-order valence-electron chi connectivity index (χ3n) is 3.37. The molecule has 3 N–H and O–H groups in total. The lowest BCUT2D eigenvalue weighted by atomic mass is 9.80. The number of carbonyl (C=O) groups excluding carboxylic acids is 1. The molecule has 1 unspecified atom stereocenters. The number of aromatic carboxylic acids is 1. The summed E-state index contributed by atoms with van der Waals surface area (Å²) < 4.78 is 0. The van der Waals surface area contributed by atoms with Gasteiger partial charge in [-0.1, -0.05) is 48.5 Å². The number of hydrogen-bond acceptors (Lipinski definition) is 4. The molecule has 0 radical (unpaired) electrons. The molecule has 0 bridgehead atoms. The molecule has 0 aliphatic carbocycles. The van der Waals surface area contributed by atoms with Gasteiger partial charge in [-0.3, -0.25) is 14.9 Å². The van der Waals surface area contributed by atoms with E-state index in [0.29, 0.717) is 0 Å². The van der Waals surface area contributed by atoms with Crippen LogP contribution in [-0.4, -0.2) is 21.9 Å². The number of amides is 1. The second-order valence-corrected chi connectivity index (χ2v) is 4.55. The molecule has 0 heterocycles. The SMILES string of the molecule is NC(=O)C(c1ccccc1)(c1ccccc1C(=O)O)[N+](=O)[O-]. The summed E-state index contributed by atoms with van der Waals surface area (Å²) in [6, 6.07) is 12.7. The fourth-order valence-corrected chi connectivity index (χ4v) is 2.39. The Morgan fingerprint density at radius 3 is 2.09 bits per heavy atom. The van der Waals surface area contributed by atoms with Gasteiger partial charge >= 0.3 is 17.4 Å². The van der Waals surface area contributed by atoms with Crippen LogP contribution in [0.5, 0.6) is 0 Å². The van der Waals surface area contributed by atoms with Crippen LogP contribution in [-0.2, 0) is 10.3 Å². The first-order chi connectivity index (χ1) is 10.4. The Bertz CT molecular complexity index is 729. The number of benzene rings is 2. The first-order valence-corrected chi connectivity index (χ1v) is 6.25. The molecular formula is C15H12N2O5. The molecule has 2 aromatic carbocycles. The number of carboxylic acids is 1. The number of carbonyl (C=O) groups is 2. The third kappa shape index (κ3) is 2.18. The van der Waals surface area contributed by atoms with E-state index in [4.69, 9.17) is 5.73 Å². The van der Waals surface area contributed by atoms with Crippen molar-refractivity contribution in [3.63, 3.8) is 0 Å². The summed E-state index contributed by atoms with van der Waals surface area (Å²) in [6.07, 6.45) is 0. The van der Waals surface area contributed by atoms with Crippen LogP contribution in [0.2, 0.25) is 0 Å². The van der Waals surface area contributed by atoms with E-state index in [1.54, 1.807) is 6.07 Å². The Morgan fingerprint density at radius 2 is 1.59 bits per heavy atom. The van der Waals surface area contributed by atoms with E-state index in [1.807, 2.05) is 0 Å². The molecule has 1 amide bonds. The molecule has 0 spiro atoms. The van der Waals surface area contributed by atoms with Gasteiger partial charge in [0.2, 0.25) is 0 Å². The summed E-state index contributed by atoms with van der Waals surface area (Å²) in [5.74, 6) is -2.63. The minimum atomic E-state index is -2.46. The number of rotatable bonds is 5. The standard InChI is InChI=1S/C15H12N2O5/c16-14(20)15(17(21)22,10-6-2-1-3-7-10)12-9-5-4-8-11(12)13(18)19/h1-9H,(H2,16,20)(H,18,19). The monoisotopic (exact) mass is 300 g/mol. The number of nitro groups is 1. The van der Waals surface area contributed by atoms with Gasteiger partial charge in [-0.25, -0.2) is 4.79 Å². The zero-order valence-corrected chi connectivity index (χ0v) is 11.3. The van der Waals surface area contributed by atoms with Gasteiger partial charge in [-0.05, 0) is 6.07 Å². The van der Waals surface area contributed by atoms with E-state index in [0.717, 1.165) is 0 Å². The topological polar surface area (TPSA) is 124 Å². The minimum absolute atomic E-state index is 0.00111. The molecule has 0 aromatic heterocycles. The van der Waals surface area contributed by atoms with Crippen molar-refractivity contribution in [3.05, 3.63) is 81.4 Å². The summed E-state index contributed by atoms with van der Waals surface area (Å²) in [7, 11) is 0. The Morgan fingerprint density at radius 1 is 1.05 bits per heavy atom. The summed E-state index contributed by atoms with van der Waals surface area (Å²) in [6.45, 7) is 0. The van der Waals surface area contributed by atoms with Crippen LogP contribution in [0.15, 0.2) is 54.6 Å². The first kappa shape index (κ1) is 15.2. The van der Waals surface area contributed by atoms with Gasteiger partial charge in [0.15, 0.2) is 0 Å². The fourth-order valence-electron chi connectivity index (χ4n) is 2.39. The lowest BCUT2D eigenvalue weighted by Crippen LogP contribution is -2.49. The smallest absolute Gasteiger partial charge is 0.349 e. The molecule has 7 heteroatoms. The van der Waals surface area contributed by atoms with E-state index < -0.39 is 22.3 Å². The largest absolute Gasteiger partial charge is 0.478 e. The summed E-state index contributed by atoms with van der Waals surface area (Å²) in [5, 5.41) is 21.0. The van der Waals surface area contributed by atoms with Gasteiger partial charge in [0.25, 0.3) is 0 Å². The van der Waals surface area contributed by atoms with E-state index in [2.05, 4.69) is 0 Å². The number of carboxylic acid groups (broad SMARTS) is 1. The van der Waals surface area contributed by atoms with Crippen LogP contribution in [0.25, 0.3) is 0 Å². The Labute approximate surface area is 125 Å². The molecule has 22 heavy (non-hydrogen) atoms. The number of primary amides is 1. The molecule has 112 valence electrons. The van der Waals surface area contributed by atoms with Crippen molar-refractivity contribution in [2.45, 2.75) is 5.54 Å². The molecule has 2 rings (SSSR count). The van der Waals surface area contributed by atoms with Crippen LogP contribution in [0, 0.1) is 10.1 Å². The predicted octanol–water partition coefficient (Wildman–Crippen LogP) is 1.39. The Hall–Kier alpha value is -3.22. The fraction of sp³-hybridized carbons (Fsp3) is 0.0667. The zero-order chi connectivity index (χ0) is 16.3. The van der Waals surface area contributed by atoms with Crippen LogP contribution < -0.4 is 5.73 Å². The van der Waals surface area contributed by atoms with Gasteiger partial charge in [0, 0.05) is 10.5 Å². The average Bonchev–Trinajstić information content (AvgIpc) is 2.48. The summed E-state index contributed by atoms with van der Waals surface area (Å²) >= 11 is 0. The highest BCUT2D eigenvalue weighted by Crippen LogP contribution is 2.35. The van der Waals surface area contributed by atoms with Crippen LogP contribution in [0.4, 0.5) is 0 Å².